The van der Waals surface area contributed by atoms with Crippen LogP contribution in [0.5, 0.6) is 0 Å². The Bertz CT molecular complexity index is 309. The first-order valence-electron chi connectivity index (χ1n) is 12.6. The molecule has 0 amide bonds. The van der Waals surface area contributed by atoms with E-state index in [1.54, 1.807) is 0 Å². The summed E-state index contributed by atoms with van der Waals surface area (Å²) in [6, 6.07) is 0. The molecular formula is C27H58. The Labute approximate surface area is 175 Å². The van der Waals surface area contributed by atoms with Crippen LogP contribution in [0.4, 0.5) is 0 Å². The van der Waals surface area contributed by atoms with Crippen LogP contribution in [0.2, 0.25) is 0 Å². The van der Waals surface area contributed by atoms with Crippen LogP contribution in [0, 0.1) is 34.5 Å². The summed E-state index contributed by atoms with van der Waals surface area (Å²) in [6.07, 6.45) is 13.3. The third kappa shape index (κ3) is 9.85. The Balaban J connectivity index is 0. The highest BCUT2D eigenvalue weighted by atomic mass is 14.4. The van der Waals surface area contributed by atoms with Gasteiger partial charge >= 0.3 is 0 Å². The van der Waals surface area contributed by atoms with Gasteiger partial charge in [-0.3, -0.25) is 0 Å². The highest BCUT2D eigenvalue weighted by molar-refractivity contribution is 4.84. The van der Waals surface area contributed by atoms with Crippen molar-refractivity contribution < 1.29 is 0 Å². The third-order valence-electron chi connectivity index (χ3n) is 8.04. The second kappa shape index (κ2) is 14.9. The summed E-state index contributed by atoms with van der Waals surface area (Å²) in [7, 11) is 0. The molecule has 0 spiro atoms. The monoisotopic (exact) mass is 382 g/mol. The molecule has 0 radical (unpaired) electrons. The highest BCUT2D eigenvalue weighted by Crippen LogP contribution is 2.44. The minimum atomic E-state index is 0.570. The summed E-state index contributed by atoms with van der Waals surface area (Å²) in [4.78, 5) is 0. The fourth-order valence-corrected chi connectivity index (χ4v) is 4.46. The molecular weight excluding hydrogens is 324 g/mol. The van der Waals surface area contributed by atoms with Gasteiger partial charge in [-0.05, 0) is 60.2 Å². The second-order valence-corrected chi connectivity index (χ2v) is 10.3. The lowest BCUT2D eigenvalue weighted by Crippen LogP contribution is -2.31. The first-order valence-corrected chi connectivity index (χ1v) is 12.6. The van der Waals surface area contributed by atoms with E-state index in [0.717, 1.165) is 23.7 Å². The van der Waals surface area contributed by atoms with Crippen LogP contribution >= 0.6 is 0 Å². The van der Waals surface area contributed by atoms with E-state index in [0.29, 0.717) is 10.8 Å². The second-order valence-electron chi connectivity index (χ2n) is 10.3. The molecule has 0 heterocycles. The summed E-state index contributed by atoms with van der Waals surface area (Å²) in [5.74, 6) is 3.67. The van der Waals surface area contributed by atoms with E-state index in [1.807, 2.05) is 27.7 Å². The van der Waals surface area contributed by atoms with Crippen molar-refractivity contribution in [3.05, 3.63) is 0 Å². The Morgan fingerprint density at radius 1 is 0.481 bits per heavy atom. The maximum atomic E-state index is 2.45. The van der Waals surface area contributed by atoms with E-state index in [1.165, 1.54) is 57.8 Å². The molecule has 0 nitrogen and oxygen atoms in total. The number of hydrogen-bond acceptors (Lipinski definition) is 0. The summed E-state index contributed by atoms with van der Waals surface area (Å²) in [5, 5.41) is 0. The van der Waals surface area contributed by atoms with Crippen LogP contribution in [-0.2, 0) is 0 Å². The zero-order chi connectivity index (χ0) is 21.7. The Kier molecular flexibility index (Phi) is 16.1. The van der Waals surface area contributed by atoms with Gasteiger partial charge in [-0.15, -0.1) is 0 Å². The van der Waals surface area contributed by atoms with Crippen molar-refractivity contribution >= 4 is 0 Å². The largest absolute Gasteiger partial charge is 0.0683 e. The van der Waals surface area contributed by atoms with Gasteiger partial charge in [0.25, 0.3) is 0 Å². The molecule has 0 atom stereocenters. The molecule has 2 rings (SSSR count). The van der Waals surface area contributed by atoms with Crippen molar-refractivity contribution in [2.75, 3.05) is 0 Å². The van der Waals surface area contributed by atoms with Crippen molar-refractivity contribution in [2.24, 2.45) is 34.5 Å². The summed E-state index contributed by atoms with van der Waals surface area (Å²) >= 11 is 0. The topological polar surface area (TPSA) is 0 Å². The van der Waals surface area contributed by atoms with Gasteiger partial charge in [-0.1, -0.05) is 115 Å². The molecule has 0 N–H and O–H groups in total. The molecule has 0 heteroatoms. The Morgan fingerprint density at radius 2 is 0.704 bits per heavy atom. The van der Waals surface area contributed by atoms with E-state index in [4.69, 9.17) is 0 Å². The molecule has 0 saturated heterocycles. The molecule has 0 bridgehead atoms. The van der Waals surface area contributed by atoms with Gasteiger partial charge in [0, 0.05) is 0 Å². The lowest BCUT2D eigenvalue weighted by Gasteiger charge is -2.40. The fourth-order valence-electron chi connectivity index (χ4n) is 4.46. The molecule has 2 fully saturated rings. The predicted octanol–water partition coefficient (Wildman–Crippen LogP) is 10.2. The SMILES string of the molecule is CC.CC.CC(C)C(C)(C)C1CCCC1.CC(C)C(C)(C)C1CCCCC1. The summed E-state index contributed by atoms with van der Waals surface area (Å²) in [6.45, 7) is 27.2. The van der Waals surface area contributed by atoms with Gasteiger partial charge in [0.15, 0.2) is 0 Å². The normalized spacial score (nSPS) is 18.9. The first-order chi connectivity index (χ1) is 12.6. The lowest BCUT2D eigenvalue weighted by molar-refractivity contribution is 0.102. The van der Waals surface area contributed by atoms with Gasteiger partial charge < -0.3 is 0 Å². The fraction of sp³-hybridized carbons (Fsp3) is 1.00. The van der Waals surface area contributed by atoms with Crippen LogP contribution in [0.15, 0.2) is 0 Å². The van der Waals surface area contributed by atoms with Gasteiger partial charge in [-0.2, -0.15) is 0 Å². The van der Waals surface area contributed by atoms with Crippen LogP contribution in [0.25, 0.3) is 0 Å². The zero-order valence-corrected chi connectivity index (χ0v) is 21.7. The quantitative estimate of drug-likeness (QED) is 0.453. The number of hydrogen-bond donors (Lipinski definition) is 0. The zero-order valence-electron chi connectivity index (χ0n) is 21.7. The van der Waals surface area contributed by atoms with Gasteiger partial charge in [0.2, 0.25) is 0 Å². The number of rotatable bonds is 4. The van der Waals surface area contributed by atoms with E-state index in [-0.39, 0.29) is 0 Å². The Hall–Kier alpha value is 0. The molecule has 166 valence electrons. The molecule has 27 heavy (non-hydrogen) atoms. The van der Waals surface area contributed by atoms with Crippen molar-refractivity contribution in [1.82, 2.24) is 0 Å². The van der Waals surface area contributed by atoms with Crippen LogP contribution in [0.1, 0.15) is 141 Å². The lowest BCUT2D eigenvalue weighted by atomic mass is 9.65. The minimum absolute atomic E-state index is 0.570. The average molecular weight is 383 g/mol. The standard InChI is InChI=1S/C12H24.C11H22.2C2H6/c1-10(2)12(3,4)11-8-6-5-7-9-11;1-9(2)11(3,4)10-7-5-6-8-10;2*1-2/h10-11H,5-9H2,1-4H3;9-10H,5-8H2,1-4H3;2*1-2H3. The van der Waals surface area contributed by atoms with Gasteiger partial charge in [-0.25, -0.2) is 0 Å². The minimum Gasteiger partial charge on any atom is -0.0683 e. The maximum Gasteiger partial charge on any atom is -0.0303 e. The average Bonchev–Trinajstić information content (AvgIpc) is 3.21. The molecule has 0 aromatic carbocycles. The van der Waals surface area contributed by atoms with Crippen molar-refractivity contribution in [1.29, 1.82) is 0 Å². The first kappa shape index (κ1) is 29.2. The molecule has 2 aliphatic rings. The van der Waals surface area contributed by atoms with Crippen LogP contribution < -0.4 is 0 Å². The molecule has 0 aromatic rings. The van der Waals surface area contributed by atoms with E-state index < -0.39 is 0 Å². The van der Waals surface area contributed by atoms with Gasteiger partial charge in [0.05, 0.1) is 0 Å². The van der Waals surface area contributed by atoms with Crippen molar-refractivity contribution in [3.8, 4) is 0 Å². The smallest absolute Gasteiger partial charge is 0.0303 e. The van der Waals surface area contributed by atoms with Crippen molar-refractivity contribution in [3.63, 3.8) is 0 Å². The van der Waals surface area contributed by atoms with Crippen molar-refractivity contribution in [2.45, 2.75) is 141 Å². The van der Waals surface area contributed by atoms with E-state index in [9.17, 15) is 0 Å². The van der Waals surface area contributed by atoms with Crippen LogP contribution in [0.3, 0.4) is 0 Å². The highest BCUT2D eigenvalue weighted by Gasteiger charge is 2.34. The third-order valence-corrected chi connectivity index (χ3v) is 8.04. The molecule has 0 aliphatic heterocycles. The van der Waals surface area contributed by atoms with Crippen LogP contribution in [-0.4, -0.2) is 0 Å². The van der Waals surface area contributed by atoms with Gasteiger partial charge in [0.1, 0.15) is 0 Å². The molecule has 0 aromatic heterocycles. The molecule has 2 saturated carbocycles. The maximum absolute atomic E-state index is 2.45. The molecule has 0 unspecified atom stereocenters. The molecule has 2 aliphatic carbocycles. The Morgan fingerprint density at radius 3 is 0.926 bits per heavy atom. The predicted molar refractivity (Wildman–Crippen MR) is 128 cm³/mol. The van der Waals surface area contributed by atoms with E-state index in [2.05, 4.69) is 55.4 Å². The summed E-state index contributed by atoms with van der Waals surface area (Å²) in [5.41, 5.74) is 1.15. The summed E-state index contributed by atoms with van der Waals surface area (Å²) < 4.78 is 0. The van der Waals surface area contributed by atoms with E-state index >= 15 is 0 Å².